The quantitative estimate of drug-likeness (QED) is 0.685. The van der Waals surface area contributed by atoms with Gasteiger partial charge in [0.25, 0.3) is 0 Å². The Morgan fingerprint density at radius 3 is 2.33 bits per heavy atom. The highest BCUT2D eigenvalue weighted by Crippen LogP contribution is 2.52. The molecule has 0 aromatic heterocycles. The number of carbonyl (C=O) groups is 1. The van der Waals surface area contributed by atoms with Gasteiger partial charge in [0.2, 0.25) is 0 Å². The maximum absolute atomic E-state index is 12.6. The number of fused-ring (bicyclic) bond motifs is 1. The molecule has 0 bridgehead atoms. The van der Waals surface area contributed by atoms with Gasteiger partial charge < -0.3 is 15.6 Å². The van der Waals surface area contributed by atoms with Crippen LogP contribution in [-0.2, 0) is 10.2 Å². The van der Waals surface area contributed by atoms with E-state index in [9.17, 15) is 9.90 Å². The van der Waals surface area contributed by atoms with Gasteiger partial charge in [-0.1, -0.05) is 48.5 Å². The SMILES string of the molecule is COc1ccc(C2CC(C(=O)O)(c3ccc(N)cc3)c3ccccc32)cc1. The molecule has 3 N–H and O–H groups in total. The van der Waals surface area contributed by atoms with Crippen molar-refractivity contribution in [2.24, 2.45) is 0 Å². The Hall–Kier alpha value is -3.27. The zero-order chi connectivity index (χ0) is 19.0. The second-order valence-corrected chi connectivity index (χ2v) is 6.95. The van der Waals surface area contributed by atoms with E-state index in [0.717, 1.165) is 28.0 Å². The number of carboxylic acid groups (broad SMARTS) is 1. The van der Waals surface area contributed by atoms with Gasteiger partial charge in [0.1, 0.15) is 11.2 Å². The molecule has 0 saturated heterocycles. The van der Waals surface area contributed by atoms with E-state index in [1.807, 2.05) is 60.7 Å². The molecular weight excluding hydrogens is 338 g/mol. The number of anilines is 1. The summed E-state index contributed by atoms with van der Waals surface area (Å²) >= 11 is 0. The smallest absolute Gasteiger partial charge is 0.318 e. The molecule has 3 aromatic carbocycles. The van der Waals surface area contributed by atoms with Crippen molar-refractivity contribution in [3.8, 4) is 5.75 Å². The monoisotopic (exact) mass is 359 g/mol. The molecule has 2 unspecified atom stereocenters. The maximum Gasteiger partial charge on any atom is 0.318 e. The molecule has 0 amide bonds. The molecule has 27 heavy (non-hydrogen) atoms. The van der Waals surface area contributed by atoms with Crippen LogP contribution in [-0.4, -0.2) is 18.2 Å². The molecule has 0 aliphatic heterocycles. The van der Waals surface area contributed by atoms with E-state index in [1.54, 1.807) is 19.2 Å². The van der Waals surface area contributed by atoms with E-state index in [1.165, 1.54) is 0 Å². The van der Waals surface area contributed by atoms with Gasteiger partial charge in [-0.05, 0) is 52.9 Å². The Balaban J connectivity index is 1.89. The molecule has 0 fully saturated rings. The van der Waals surface area contributed by atoms with Crippen LogP contribution in [0.5, 0.6) is 5.75 Å². The van der Waals surface area contributed by atoms with Crippen molar-refractivity contribution in [3.05, 3.63) is 95.1 Å². The molecule has 0 radical (unpaired) electrons. The highest BCUT2D eigenvalue weighted by atomic mass is 16.5. The highest BCUT2D eigenvalue weighted by molar-refractivity contribution is 5.88. The van der Waals surface area contributed by atoms with Gasteiger partial charge in [0.05, 0.1) is 7.11 Å². The molecule has 4 nitrogen and oxygen atoms in total. The van der Waals surface area contributed by atoms with Gasteiger partial charge in [0, 0.05) is 11.6 Å². The van der Waals surface area contributed by atoms with Gasteiger partial charge in [0.15, 0.2) is 0 Å². The minimum Gasteiger partial charge on any atom is -0.497 e. The highest BCUT2D eigenvalue weighted by Gasteiger charge is 2.51. The number of aliphatic carboxylic acids is 1. The zero-order valence-corrected chi connectivity index (χ0v) is 15.1. The van der Waals surface area contributed by atoms with Crippen LogP contribution in [0.2, 0.25) is 0 Å². The molecule has 2 atom stereocenters. The largest absolute Gasteiger partial charge is 0.497 e. The van der Waals surface area contributed by atoms with Gasteiger partial charge in [-0.15, -0.1) is 0 Å². The number of nitrogen functional groups attached to an aromatic ring is 1. The van der Waals surface area contributed by atoms with Crippen molar-refractivity contribution in [1.29, 1.82) is 0 Å². The zero-order valence-electron chi connectivity index (χ0n) is 15.1. The second-order valence-electron chi connectivity index (χ2n) is 6.95. The molecule has 4 rings (SSSR count). The van der Waals surface area contributed by atoms with Crippen LogP contribution in [0.15, 0.2) is 72.8 Å². The molecule has 3 aromatic rings. The lowest BCUT2D eigenvalue weighted by Crippen LogP contribution is -2.35. The number of nitrogens with two attached hydrogens (primary N) is 1. The molecule has 1 aliphatic carbocycles. The molecule has 1 aliphatic rings. The van der Waals surface area contributed by atoms with Gasteiger partial charge in [-0.3, -0.25) is 4.79 Å². The van der Waals surface area contributed by atoms with Crippen molar-refractivity contribution < 1.29 is 14.6 Å². The minimum atomic E-state index is -1.09. The van der Waals surface area contributed by atoms with Crippen LogP contribution >= 0.6 is 0 Å². The fourth-order valence-electron chi connectivity index (χ4n) is 4.22. The number of benzene rings is 3. The average Bonchev–Trinajstić information content (AvgIpc) is 3.05. The standard InChI is InChI=1S/C23H21NO3/c1-27-18-12-6-15(7-13-18)20-14-23(22(25)26,16-8-10-17(24)11-9-16)21-5-3-2-4-19(20)21/h2-13,20H,14,24H2,1H3,(H,25,26). The first kappa shape index (κ1) is 17.2. The number of hydrogen-bond acceptors (Lipinski definition) is 3. The van der Waals surface area contributed by atoms with Crippen LogP contribution in [0.4, 0.5) is 5.69 Å². The predicted molar refractivity (Wildman–Crippen MR) is 105 cm³/mol. The van der Waals surface area contributed by atoms with Crippen molar-refractivity contribution in [3.63, 3.8) is 0 Å². The molecule has 4 heteroatoms. The Labute approximate surface area is 158 Å². The first-order chi connectivity index (χ1) is 13.1. The molecule has 0 saturated carbocycles. The van der Waals surface area contributed by atoms with Gasteiger partial charge in [-0.25, -0.2) is 0 Å². The number of methoxy groups -OCH3 is 1. The maximum atomic E-state index is 12.6. The van der Waals surface area contributed by atoms with Crippen LogP contribution < -0.4 is 10.5 Å². The summed E-state index contributed by atoms with van der Waals surface area (Å²) in [6.45, 7) is 0. The summed E-state index contributed by atoms with van der Waals surface area (Å²) in [6.07, 6.45) is 0.470. The average molecular weight is 359 g/mol. The molecule has 136 valence electrons. The molecular formula is C23H21NO3. The number of ether oxygens (including phenoxy) is 1. The first-order valence-electron chi connectivity index (χ1n) is 8.89. The Morgan fingerprint density at radius 1 is 1.04 bits per heavy atom. The van der Waals surface area contributed by atoms with E-state index >= 15 is 0 Å². The number of carboxylic acids is 1. The summed E-state index contributed by atoms with van der Waals surface area (Å²) in [4.78, 5) is 12.6. The van der Waals surface area contributed by atoms with E-state index in [-0.39, 0.29) is 5.92 Å². The number of hydrogen-bond donors (Lipinski definition) is 2. The second kappa shape index (κ2) is 6.47. The summed E-state index contributed by atoms with van der Waals surface area (Å²) in [6, 6.07) is 22.9. The van der Waals surface area contributed by atoms with Gasteiger partial charge >= 0.3 is 5.97 Å². The first-order valence-corrected chi connectivity index (χ1v) is 8.89. The van der Waals surface area contributed by atoms with Crippen LogP contribution in [0.3, 0.4) is 0 Å². The summed E-state index contributed by atoms with van der Waals surface area (Å²) in [5.41, 5.74) is 9.11. The lowest BCUT2D eigenvalue weighted by molar-refractivity contribution is -0.142. The van der Waals surface area contributed by atoms with Crippen molar-refractivity contribution in [2.75, 3.05) is 12.8 Å². The molecule has 0 spiro atoms. The van der Waals surface area contributed by atoms with E-state index in [0.29, 0.717) is 12.1 Å². The van der Waals surface area contributed by atoms with Crippen LogP contribution in [0, 0.1) is 0 Å². The van der Waals surface area contributed by atoms with Crippen LogP contribution in [0.1, 0.15) is 34.6 Å². The van der Waals surface area contributed by atoms with Gasteiger partial charge in [-0.2, -0.15) is 0 Å². The lowest BCUT2D eigenvalue weighted by Gasteiger charge is -2.27. The minimum absolute atomic E-state index is 0.000703. The Bertz CT molecular complexity index is 979. The van der Waals surface area contributed by atoms with Crippen molar-refractivity contribution in [2.45, 2.75) is 17.8 Å². The Morgan fingerprint density at radius 2 is 1.70 bits per heavy atom. The third kappa shape index (κ3) is 2.65. The fourth-order valence-corrected chi connectivity index (χ4v) is 4.22. The summed E-state index contributed by atoms with van der Waals surface area (Å²) in [5, 5.41) is 10.3. The normalized spacial score (nSPS) is 20.9. The Kier molecular flexibility index (Phi) is 4.11. The number of rotatable bonds is 4. The van der Waals surface area contributed by atoms with Crippen molar-refractivity contribution in [1.82, 2.24) is 0 Å². The van der Waals surface area contributed by atoms with E-state index in [2.05, 4.69) is 0 Å². The third-order valence-corrected chi connectivity index (χ3v) is 5.59. The third-order valence-electron chi connectivity index (χ3n) is 5.59. The fraction of sp³-hybridized carbons (Fsp3) is 0.174. The van der Waals surface area contributed by atoms with Crippen LogP contribution in [0.25, 0.3) is 0 Å². The van der Waals surface area contributed by atoms with Crippen molar-refractivity contribution >= 4 is 11.7 Å². The summed E-state index contributed by atoms with van der Waals surface area (Å²) < 4.78 is 5.26. The molecule has 0 heterocycles. The lowest BCUT2D eigenvalue weighted by atomic mass is 9.74. The predicted octanol–water partition coefficient (Wildman–Crippen LogP) is 4.18. The van der Waals surface area contributed by atoms with E-state index < -0.39 is 11.4 Å². The van der Waals surface area contributed by atoms with E-state index in [4.69, 9.17) is 10.5 Å². The topological polar surface area (TPSA) is 72.5 Å². The summed E-state index contributed by atoms with van der Waals surface area (Å²) in [7, 11) is 1.64. The summed E-state index contributed by atoms with van der Waals surface area (Å²) in [5.74, 6) is -0.0513.